The van der Waals surface area contributed by atoms with Crippen molar-refractivity contribution < 1.29 is 9.90 Å². The van der Waals surface area contributed by atoms with Gasteiger partial charge in [-0.15, -0.1) is 0 Å². The molecule has 0 aromatic heterocycles. The van der Waals surface area contributed by atoms with Crippen LogP contribution in [0, 0.1) is 0 Å². The summed E-state index contributed by atoms with van der Waals surface area (Å²) in [6, 6.07) is 5.50. The molecule has 0 aliphatic rings. The monoisotopic (exact) mass is 221 g/mol. The number of carbonyl (C=O) groups is 1. The van der Waals surface area contributed by atoms with E-state index < -0.39 is 0 Å². The summed E-state index contributed by atoms with van der Waals surface area (Å²) in [7, 11) is 0. The van der Waals surface area contributed by atoms with Gasteiger partial charge in [0, 0.05) is 36.8 Å². The van der Waals surface area contributed by atoms with Gasteiger partial charge < -0.3 is 10.0 Å². The van der Waals surface area contributed by atoms with Gasteiger partial charge in [0.15, 0.2) is 0 Å². The number of phenolic OH excluding ortho intramolecular Hbond substituents is 1. The Kier molecular flexibility index (Phi) is 4.35. The van der Waals surface area contributed by atoms with E-state index in [0.717, 1.165) is 18.8 Å². The van der Waals surface area contributed by atoms with E-state index in [4.69, 9.17) is 0 Å². The molecule has 3 heteroatoms. The van der Waals surface area contributed by atoms with E-state index in [-0.39, 0.29) is 11.5 Å². The van der Waals surface area contributed by atoms with Crippen molar-refractivity contribution in [1.29, 1.82) is 0 Å². The number of hydrogen-bond acceptors (Lipinski definition) is 3. The number of nitrogens with zero attached hydrogens (tertiary/aromatic N) is 1. The Labute approximate surface area is 96.7 Å². The summed E-state index contributed by atoms with van der Waals surface area (Å²) in [4.78, 5) is 13.1. The van der Waals surface area contributed by atoms with Crippen molar-refractivity contribution in [3.8, 4) is 5.75 Å². The third-order valence-electron chi connectivity index (χ3n) is 2.64. The Hall–Kier alpha value is -1.51. The number of ketones is 1. The minimum atomic E-state index is 0.0610. The van der Waals surface area contributed by atoms with Gasteiger partial charge in [-0.1, -0.05) is 6.07 Å². The molecular formula is C13H19NO2. The highest BCUT2D eigenvalue weighted by Gasteiger charge is 2.07. The maximum Gasteiger partial charge on any atom is 0.134 e. The summed E-state index contributed by atoms with van der Waals surface area (Å²) in [6.45, 7) is 7.48. The number of rotatable bonds is 5. The second kappa shape index (κ2) is 5.54. The fourth-order valence-electron chi connectivity index (χ4n) is 1.76. The molecule has 0 saturated heterocycles. The standard InChI is InChI=1S/C13H19NO2/c1-4-14(5-2)12-7-6-11(8-10(3)15)13(16)9-12/h6-7,9,16H,4-5,8H2,1-3H3. The largest absolute Gasteiger partial charge is 0.508 e. The van der Waals surface area contributed by atoms with E-state index in [1.807, 2.05) is 12.1 Å². The highest BCUT2D eigenvalue weighted by molar-refractivity contribution is 5.79. The SMILES string of the molecule is CCN(CC)c1ccc(CC(C)=O)c(O)c1. The Morgan fingerprint density at radius 3 is 2.38 bits per heavy atom. The zero-order valence-corrected chi connectivity index (χ0v) is 10.2. The third kappa shape index (κ3) is 2.99. The summed E-state index contributed by atoms with van der Waals surface area (Å²) < 4.78 is 0. The molecule has 0 amide bonds. The van der Waals surface area contributed by atoms with Crippen molar-refractivity contribution in [3.05, 3.63) is 23.8 Å². The highest BCUT2D eigenvalue weighted by Crippen LogP contribution is 2.25. The average Bonchev–Trinajstić information content (AvgIpc) is 2.23. The predicted octanol–water partition coefficient (Wildman–Crippen LogP) is 2.37. The fourth-order valence-corrected chi connectivity index (χ4v) is 1.76. The molecule has 0 atom stereocenters. The molecule has 1 N–H and O–H groups in total. The first-order chi connectivity index (χ1) is 7.58. The number of anilines is 1. The molecule has 0 fully saturated rings. The Bertz CT molecular complexity index is 370. The topological polar surface area (TPSA) is 40.5 Å². The molecule has 1 rings (SSSR count). The lowest BCUT2D eigenvalue weighted by atomic mass is 10.1. The Morgan fingerprint density at radius 2 is 1.94 bits per heavy atom. The fraction of sp³-hybridized carbons (Fsp3) is 0.462. The van der Waals surface area contributed by atoms with E-state index in [1.165, 1.54) is 6.92 Å². The van der Waals surface area contributed by atoms with Crippen molar-refractivity contribution in [2.24, 2.45) is 0 Å². The molecule has 0 radical (unpaired) electrons. The van der Waals surface area contributed by atoms with Gasteiger partial charge in [0.05, 0.1) is 0 Å². The van der Waals surface area contributed by atoms with Crippen LogP contribution in [-0.2, 0) is 11.2 Å². The first-order valence-electron chi connectivity index (χ1n) is 5.64. The molecule has 1 aromatic carbocycles. The van der Waals surface area contributed by atoms with E-state index in [2.05, 4.69) is 18.7 Å². The molecule has 88 valence electrons. The quantitative estimate of drug-likeness (QED) is 0.829. The highest BCUT2D eigenvalue weighted by atomic mass is 16.3. The summed E-state index contributed by atoms with van der Waals surface area (Å²) >= 11 is 0. The van der Waals surface area contributed by atoms with Crippen LogP contribution >= 0.6 is 0 Å². The molecular weight excluding hydrogens is 202 g/mol. The lowest BCUT2D eigenvalue weighted by Gasteiger charge is -2.21. The molecule has 0 aliphatic heterocycles. The Morgan fingerprint density at radius 1 is 1.31 bits per heavy atom. The number of benzene rings is 1. The molecule has 16 heavy (non-hydrogen) atoms. The molecule has 0 heterocycles. The van der Waals surface area contributed by atoms with Crippen molar-refractivity contribution in [3.63, 3.8) is 0 Å². The predicted molar refractivity (Wildman–Crippen MR) is 66.1 cm³/mol. The molecule has 3 nitrogen and oxygen atoms in total. The van der Waals surface area contributed by atoms with Crippen LogP contribution in [0.3, 0.4) is 0 Å². The minimum absolute atomic E-state index is 0.0610. The van der Waals surface area contributed by atoms with Crippen LogP contribution in [-0.4, -0.2) is 24.0 Å². The van der Waals surface area contributed by atoms with Crippen LogP contribution in [0.25, 0.3) is 0 Å². The third-order valence-corrected chi connectivity index (χ3v) is 2.64. The van der Waals surface area contributed by atoms with Crippen LogP contribution < -0.4 is 4.90 Å². The van der Waals surface area contributed by atoms with Gasteiger partial charge in [-0.2, -0.15) is 0 Å². The van der Waals surface area contributed by atoms with Gasteiger partial charge in [0.25, 0.3) is 0 Å². The number of phenols is 1. The van der Waals surface area contributed by atoms with Crippen LogP contribution in [0.1, 0.15) is 26.3 Å². The summed E-state index contributed by atoms with van der Waals surface area (Å²) in [5, 5.41) is 9.80. The molecule has 0 spiro atoms. The van der Waals surface area contributed by atoms with Gasteiger partial charge >= 0.3 is 0 Å². The van der Waals surface area contributed by atoms with Crippen LogP contribution in [0.5, 0.6) is 5.75 Å². The van der Waals surface area contributed by atoms with Crippen molar-refractivity contribution in [2.45, 2.75) is 27.2 Å². The van der Waals surface area contributed by atoms with Gasteiger partial charge in [0.1, 0.15) is 11.5 Å². The van der Waals surface area contributed by atoms with E-state index in [0.29, 0.717) is 12.0 Å². The maximum absolute atomic E-state index is 11.0. The van der Waals surface area contributed by atoms with Crippen LogP contribution in [0.15, 0.2) is 18.2 Å². The molecule has 1 aromatic rings. The molecule has 0 saturated carbocycles. The van der Waals surface area contributed by atoms with E-state index in [9.17, 15) is 9.90 Å². The normalized spacial score (nSPS) is 10.2. The molecule has 0 aliphatic carbocycles. The maximum atomic E-state index is 11.0. The van der Waals surface area contributed by atoms with Gasteiger partial charge in [0.2, 0.25) is 0 Å². The Balaban J connectivity index is 2.93. The summed E-state index contributed by atoms with van der Waals surface area (Å²) in [6.07, 6.45) is 0.296. The first-order valence-corrected chi connectivity index (χ1v) is 5.64. The van der Waals surface area contributed by atoms with Crippen molar-refractivity contribution in [1.82, 2.24) is 0 Å². The second-order valence-electron chi connectivity index (χ2n) is 3.86. The van der Waals surface area contributed by atoms with Crippen LogP contribution in [0.4, 0.5) is 5.69 Å². The number of carbonyl (C=O) groups excluding carboxylic acids is 1. The average molecular weight is 221 g/mol. The number of hydrogen-bond donors (Lipinski definition) is 1. The van der Waals surface area contributed by atoms with Gasteiger partial charge in [-0.05, 0) is 26.8 Å². The van der Waals surface area contributed by atoms with Gasteiger partial charge in [-0.3, -0.25) is 4.79 Å². The van der Waals surface area contributed by atoms with Crippen LogP contribution in [0.2, 0.25) is 0 Å². The van der Waals surface area contributed by atoms with Crippen molar-refractivity contribution >= 4 is 11.5 Å². The van der Waals surface area contributed by atoms with E-state index >= 15 is 0 Å². The molecule has 0 unspecified atom stereocenters. The smallest absolute Gasteiger partial charge is 0.134 e. The summed E-state index contributed by atoms with van der Waals surface area (Å²) in [5.74, 6) is 0.269. The molecule has 0 bridgehead atoms. The second-order valence-corrected chi connectivity index (χ2v) is 3.86. The minimum Gasteiger partial charge on any atom is -0.508 e. The van der Waals surface area contributed by atoms with Gasteiger partial charge in [-0.25, -0.2) is 0 Å². The summed E-state index contributed by atoms with van der Waals surface area (Å²) in [5.41, 5.74) is 1.69. The van der Waals surface area contributed by atoms with E-state index in [1.54, 1.807) is 6.07 Å². The number of Topliss-reactive ketones (excluding diaryl/α,β-unsaturated/α-hetero) is 1. The lowest BCUT2D eigenvalue weighted by molar-refractivity contribution is -0.116. The zero-order chi connectivity index (χ0) is 12.1. The lowest BCUT2D eigenvalue weighted by Crippen LogP contribution is -2.21. The number of aromatic hydroxyl groups is 1. The first kappa shape index (κ1) is 12.6. The van der Waals surface area contributed by atoms with Crippen molar-refractivity contribution in [2.75, 3.05) is 18.0 Å². The zero-order valence-electron chi connectivity index (χ0n) is 10.2.